The number of nitrogens with one attached hydrogen (secondary N) is 2. The molecule has 1 fully saturated rings. The van der Waals surface area contributed by atoms with Crippen molar-refractivity contribution >= 4 is 17.3 Å². The van der Waals surface area contributed by atoms with Crippen LogP contribution in [-0.4, -0.2) is 49.7 Å². The van der Waals surface area contributed by atoms with Crippen LogP contribution in [0.4, 0.5) is 11.4 Å². The highest BCUT2D eigenvalue weighted by atomic mass is 16.5. The maximum absolute atomic E-state index is 12.4. The lowest BCUT2D eigenvalue weighted by Gasteiger charge is -2.44. The minimum absolute atomic E-state index is 0.0996. The van der Waals surface area contributed by atoms with E-state index in [9.17, 15) is 4.79 Å². The molecule has 2 heterocycles. The second-order valence-electron chi connectivity index (χ2n) is 5.54. The molecule has 1 aromatic rings. The predicted octanol–water partition coefficient (Wildman–Crippen LogP) is 1.53. The number of carbonyl (C=O) groups is 1. The molecule has 5 heteroatoms. The number of anilines is 2. The van der Waals surface area contributed by atoms with E-state index >= 15 is 0 Å². The number of likely N-dealkylation sites (tertiary alicyclic amines) is 1. The Balaban J connectivity index is 1.70. The Morgan fingerprint density at radius 3 is 2.65 bits per heavy atom. The summed E-state index contributed by atoms with van der Waals surface area (Å²) in [6.07, 6.45) is 1.66. The SMILES string of the molecule is COCCN1CCC2(CC1)Nc1ccccc1NC2=O. The van der Waals surface area contributed by atoms with Crippen LogP contribution in [0.2, 0.25) is 0 Å². The van der Waals surface area contributed by atoms with Crippen molar-refractivity contribution in [2.75, 3.05) is 44.0 Å². The lowest BCUT2D eigenvalue weighted by molar-refractivity contribution is -0.122. The van der Waals surface area contributed by atoms with Crippen molar-refractivity contribution in [2.24, 2.45) is 0 Å². The molecule has 1 spiro atoms. The van der Waals surface area contributed by atoms with Gasteiger partial charge in [0.05, 0.1) is 18.0 Å². The Hall–Kier alpha value is -1.59. The molecule has 1 saturated heterocycles. The minimum Gasteiger partial charge on any atom is -0.383 e. The van der Waals surface area contributed by atoms with Gasteiger partial charge in [0.1, 0.15) is 5.54 Å². The fourth-order valence-corrected chi connectivity index (χ4v) is 2.99. The summed E-state index contributed by atoms with van der Waals surface area (Å²) in [5.41, 5.74) is 1.46. The number of fused-ring (bicyclic) bond motifs is 1. The van der Waals surface area contributed by atoms with Crippen LogP contribution in [0.1, 0.15) is 12.8 Å². The van der Waals surface area contributed by atoms with E-state index in [0.717, 1.165) is 50.5 Å². The lowest BCUT2D eigenvalue weighted by atomic mass is 9.84. The number of amides is 1. The number of hydrogen-bond acceptors (Lipinski definition) is 4. The first-order valence-electron chi connectivity index (χ1n) is 7.13. The summed E-state index contributed by atoms with van der Waals surface area (Å²) in [7, 11) is 1.72. The molecule has 0 atom stereocenters. The van der Waals surface area contributed by atoms with E-state index in [4.69, 9.17) is 4.74 Å². The van der Waals surface area contributed by atoms with Crippen molar-refractivity contribution in [3.63, 3.8) is 0 Å². The predicted molar refractivity (Wildman–Crippen MR) is 79.0 cm³/mol. The standard InChI is InChI=1S/C15H21N3O2/c1-20-11-10-18-8-6-15(7-9-18)14(19)16-12-4-2-3-5-13(12)17-15/h2-5,17H,6-11H2,1H3,(H,16,19). The number of piperidine rings is 1. The summed E-state index contributed by atoms with van der Waals surface area (Å²) in [5, 5.41) is 6.50. The third-order valence-corrected chi connectivity index (χ3v) is 4.31. The fourth-order valence-electron chi connectivity index (χ4n) is 2.99. The maximum Gasteiger partial charge on any atom is 0.250 e. The van der Waals surface area contributed by atoms with Gasteiger partial charge >= 0.3 is 0 Å². The molecule has 20 heavy (non-hydrogen) atoms. The highest BCUT2D eigenvalue weighted by Crippen LogP contribution is 2.36. The van der Waals surface area contributed by atoms with Crippen molar-refractivity contribution < 1.29 is 9.53 Å². The van der Waals surface area contributed by atoms with Crippen LogP contribution in [0.5, 0.6) is 0 Å². The molecule has 0 bridgehead atoms. The molecule has 1 amide bonds. The highest BCUT2D eigenvalue weighted by molar-refractivity contribution is 6.06. The normalized spacial score (nSPS) is 21.1. The second-order valence-corrected chi connectivity index (χ2v) is 5.54. The van der Waals surface area contributed by atoms with Crippen LogP contribution in [-0.2, 0) is 9.53 Å². The van der Waals surface area contributed by atoms with Crippen LogP contribution in [0, 0.1) is 0 Å². The van der Waals surface area contributed by atoms with Gasteiger partial charge in [-0.05, 0) is 25.0 Å². The molecule has 1 aromatic carbocycles. The topological polar surface area (TPSA) is 53.6 Å². The Morgan fingerprint density at radius 1 is 1.25 bits per heavy atom. The molecular formula is C15H21N3O2. The monoisotopic (exact) mass is 275 g/mol. The zero-order valence-corrected chi connectivity index (χ0v) is 11.8. The third kappa shape index (κ3) is 2.39. The Bertz CT molecular complexity index is 496. The van der Waals surface area contributed by atoms with Gasteiger partial charge in [0.15, 0.2) is 0 Å². The summed E-state index contributed by atoms with van der Waals surface area (Å²) in [6.45, 7) is 3.53. The number of nitrogens with zero attached hydrogens (tertiary/aromatic N) is 1. The first kappa shape index (κ1) is 13.4. The molecule has 3 rings (SSSR count). The van der Waals surface area contributed by atoms with Crippen LogP contribution in [0.3, 0.4) is 0 Å². The van der Waals surface area contributed by atoms with Gasteiger partial charge in [-0.15, -0.1) is 0 Å². The summed E-state index contributed by atoms with van der Waals surface area (Å²) >= 11 is 0. The molecular weight excluding hydrogens is 254 g/mol. The van der Waals surface area contributed by atoms with Gasteiger partial charge < -0.3 is 20.3 Å². The van der Waals surface area contributed by atoms with E-state index in [-0.39, 0.29) is 5.91 Å². The van der Waals surface area contributed by atoms with Crippen LogP contribution in [0.15, 0.2) is 24.3 Å². The molecule has 0 saturated carbocycles. The number of hydrogen-bond donors (Lipinski definition) is 2. The summed E-state index contributed by atoms with van der Waals surface area (Å²) in [5.74, 6) is 0.0996. The highest BCUT2D eigenvalue weighted by Gasteiger charge is 2.44. The van der Waals surface area contributed by atoms with Gasteiger partial charge in [0, 0.05) is 26.7 Å². The Kier molecular flexibility index (Phi) is 3.63. The van der Waals surface area contributed by atoms with Crippen molar-refractivity contribution in [3.8, 4) is 0 Å². The van der Waals surface area contributed by atoms with E-state index in [1.54, 1.807) is 7.11 Å². The van der Waals surface area contributed by atoms with Crippen LogP contribution in [0.25, 0.3) is 0 Å². The summed E-state index contributed by atoms with van der Waals surface area (Å²) in [6, 6.07) is 7.88. The third-order valence-electron chi connectivity index (χ3n) is 4.31. The molecule has 2 aliphatic heterocycles. The lowest BCUT2D eigenvalue weighted by Crippen LogP contribution is -2.58. The van der Waals surface area contributed by atoms with Crippen molar-refractivity contribution in [3.05, 3.63) is 24.3 Å². The molecule has 0 unspecified atom stereocenters. The molecule has 2 aliphatic rings. The van der Waals surface area contributed by atoms with E-state index in [2.05, 4.69) is 15.5 Å². The average Bonchev–Trinajstić information content (AvgIpc) is 2.48. The van der Waals surface area contributed by atoms with E-state index in [1.807, 2.05) is 24.3 Å². The molecule has 0 aliphatic carbocycles. The van der Waals surface area contributed by atoms with Crippen LogP contribution >= 0.6 is 0 Å². The first-order valence-corrected chi connectivity index (χ1v) is 7.13. The molecule has 2 N–H and O–H groups in total. The van der Waals surface area contributed by atoms with Gasteiger partial charge in [0.25, 0.3) is 0 Å². The van der Waals surface area contributed by atoms with Gasteiger partial charge in [-0.3, -0.25) is 4.79 Å². The largest absolute Gasteiger partial charge is 0.383 e. The smallest absolute Gasteiger partial charge is 0.250 e. The zero-order chi connectivity index (χ0) is 14.0. The van der Waals surface area contributed by atoms with Gasteiger partial charge in [-0.1, -0.05) is 12.1 Å². The summed E-state index contributed by atoms with van der Waals surface area (Å²) in [4.78, 5) is 14.8. The minimum atomic E-state index is -0.447. The molecule has 108 valence electrons. The van der Waals surface area contributed by atoms with E-state index in [1.165, 1.54) is 0 Å². The van der Waals surface area contributed by atoms with Gasteiger partial charge in [-0.2, -0.15) is 0 Å². The van der Waals surface area contributed by atoms with E-state index < -0.39 is 5.54 Å². The van der Waals surface area contributed by atoms with Crippen LogP contribution < -0.4 is 10.6 Å². The Labute approximate surface area is 119 Å². The quantitative estimate of drug-likeness (QED) is 0.878. The number of carbonyl (C=O) groups excluding carboxylic acids is 1. The number of para-hydroxylation sites is 2. The second kappa shape index (κ2) is 5.42. The van der Waals surface area contributed by atoms with Crippen molar-refractivity contribution in [1.82, 2.24) is 4.90 Å². The fraction of sp³-hybridized carbons (Fsp3) is 0.533. The molecule has 5 nitrogen and oxygen atoms in total. The van der Waals surface area contributed by atoms with Crippen molar-refractivity contribution in [2.45, 2.75) is 18.4 Å². The maximum atomic E-state index is 12.4. The number of benzene rings is 1. The number of ether oxygens (including phenoxy) is 1. The first-order chi connectivity index (χ1) is 9.73. The molecule has 0 aromatic heterocycles. The molecule has 0 radical (unpaired) electrons. The number of methoxy groups -OCH3 is 1. The van der Waals surface area contributed by atoms with E-state index in [0.29, 0.717) is 0 Å². The van der Waals surface area contributed by atoms with Gasteiger partial charge in [0.2, 0.25) is 5.91 Å². The summed E-state index contributed by atoms with van der Waals surface area (Å²) < 4.78 is 5.11. The number of rotatable bonds is 3. The van der Waals surface area contributed by atoms with Gasteiger partial charge in [-0.25, -0.2) is 0 Å². The Morgan fingerprint density at radius 2 is 1.95 bits per heavy atom. The average molecular weight is 275 g/mol. The zero-order valence-electron chi connectivity index (χ0n) is 11.8. The van der Waals surface area contributed by atoms with Crippen molar-refractivity contribution in [1.29, 1.82) is 0 Å².